The largest absolute Gasteiger partial charge is 0.465 e. The number of esters is 1. The molecular weight excluding hydrogens is 178 g/mol. The van der Waals surface area contributed by atoms with Crippen molar-refractivity contribution in [1.82, 2.24) is 0 Å². The highest BCUT2D eigenvalue weighted by atomic mass is 16.5. The van der Waals surface area contributed by atoms with E-state index in [4.69, 9.17) is 10.5 Å². The predicted molar refractivity (Wildman–Crippen MR) is 57.8 cm³/mol. The van der Waals surface area contributed by atoms with Crippen LogP contribution >= 0.6 is 0 Å². The van der Waals surface area contributed by atoms with Crippen molar-refractivity contribution in [2.45, 2.75) is 46.6 Å². The van der Waals surface area contributed by atoms with Gasteiger partial charge in [0.05, 0.1) is 12.5 Å². The van der Waals surface area contributed by atoms with E-state index in [0.29, 0.717) is 12.5 Å². The van der Waals surface area contributed by atoms with E-state index in [1.807, 2.05) is 6.92 Å². The molecular formula is C11H23NO2. The second-order valence-electron chi connectivity index (χ2n) is 4.17. The van der Waals surface area contributed by atoms with Gasteiger partial charge in [-0.2, -0.15) is 0 Å². The Balaban J connectivity index is 3.73. The normalized spacial score (nSPS) is 17.2. The molecule has 0 bridgehead atoms. The molecule has 3 heteroatoms. The molecule has 0 spiro atoms. The molecule has 3 atom stereocenters. The quantitative estimate of drug-likeness (QED) is 0.668. The van der Waals surface area contributed by atoms with Crippen LogP contribution < -0.4 is 5.73 Å². The van der Waals surface area contributed by atoms with Crippen molar-refractivity contribution in [3.05, 3.63) is 0 Å². The number of rotatable bonds is 6. The molecule has 0 rings (SSSR count). The third kappa shape index (κ3) is 5.22. The first kappa shape index (κ1) is 13.4. The van der Waals surface area contributed by atoms with E-state index >= 15 is 0 Å². The minimum Gasteiger partial charge on any atom is -0.465 e. The van der Waals surface area contributed by atoms with E-state index < -0.39 is 0 Å². The number of nitrogens with two attached hydrogens (primary N) is 1. The molecule has 3 nitrogen and oxygen atoms in total. The Bertz CT molecular complexity index is 169. The SMILES string of the molecule is CCCC(C)COC(=O)C(C)C(C)N. The summed E-state index contributed by atoms with van der Waals surface area (Å²) in [4.78, 5) is 11.4. The van der Waals surface area contributed by atoms with Gasteiger partial charge in [-0.1, -0.05) is 27.2 Å². The fourth-order valence-electron chi connectivity index (χ4n) is 1.15. The Kier molecular flexibility index (Phi) is 6.54. The van der Waals surface area contributed by atoms with Gasteiger partial charge >= 0.3 is 5.97 Å². The van der Waals surface area contributed by atoms with Crippen LogP contribution in [0.5, 0.6) is 0 Å². The molecule has 0 saturated carbocycles. The van der Waals surface area contributed by atoms with Gasteiger partial charge in [-0.3, -0.25) is 4.79 Å². The van der Waals surface area contributed by atoms with Gasteiger partial charge < -0.3 is 10.5 Å². The van der Waals surface area contributed by atoms with Gasteiger partial charge in [-0.05, 0) is 19.3 Å². The van der Waals surface area contributed by atoms with E-state index in [-0.39, 0.29) is 17.9 Å². The predicted octanol–water partition coefficient (Wildman–Crippen LogP) is 1.95. The van der Waals surface area contributed by atoms with Crippen LogP contribution in [-0.2, 0) is 9.53 Å². The second-order valence-corrected chi connectivity index (χ2v) is 4.17. The average molecular weight is 201 g/mol. The Hall–Kier alpha value is -0.570. The van der Waals surface area contributed by atoms with Crippen molar-refractivity contribution >= 4 is 5.97 Å². The maximum absolute atomic E-state index is 11.4. The lowest BCUT2D eigenvalue weighted by molar-refractivity contribution is -0.149. The molecule has 0 amide bonds. The first-order valence-corrected chi connectivity index (χ1v) is 5.41. The lowest BCUT2D eigenvalue weighted by Crippen LogP contribution is -2.32. The van der Waals surface area contributed by atoms with Gasteiger partial charge in [0.15, 0.2) is 0 Å². The molecule has 0 aliphatic heterocycles. The molecule has 0 aliphatic rings. The lowest BCUT2D eigenvalue weighted by Gasteiger charge is -2.16. The van der Waals surface area contributed by atoms with Crippen molar-refractivity contribution in [1.29, 1.82) is 0 Å². The van der Waals surface area contributed by atoms with Gasteiger partial charge in [-0.25, -0.2) is 0 Å². The fraction of sp³-hybridized carbons (Fsp3) is 0.909. The minimum absolute atomic E-state index is 0.135. The van der Waals surface area contributed by atoms with Crippen LogP contribution in [0.4, 0.5) is 0 Å². The monoisotopic (exact) mass is 201 g/mol. The molecule has 0 aromatic carbocycles. The summed E-state index contributed by atoms with van der Waals surface area (Å²) in [6.45, 7) is 8.36. The Labute approximate surface area is 87.0 Å². The smallest absolute Gasteiger partial charge is 0.310 e. The van der Waals surface area contributed by atoms with Crippen LogP contribution in [0.15, 0.2) is 0 Å². The molecule has 0 radical (unpaired) electrons. The summed E-state index contributed by atoms with van der Waals surface area (Å²) in [6, 6.07) is -0.135. The van der Waals surface area contributed by atoms with Crippen LogP contribution in [0.25, 0.3) is 0 Å². The summed E-state index contributed by atoms with van der Waals surface area (Å²) in [5.74, 6) is 0.0658. The first-order chi connectivity index (χ1) is 6.49. The van der Waals surface area contributed by atoms with Gasteiger partial charge in [0.25, 0.3) is 0 Å². The molecule has 0 saturated heterocycles. The standard InChI is InChI=1S/C11H23NO2/c1-5-6-8(2)7-14-11(13)9(3)10(4)12/h8-10H,5-7,12H2,1-4H3. The van der Waals surface area contributed by atoms with Gasteiger partial charge in [-0.15, -0.1) is 0 Å². The van der Waals surface area contributed by atoms with Crippen LogP contribution in [0.1, 0.15) is 40.5 Å². The maximum Gasteiger partial charge on any atom is 0.310 e. The summed E-state index contributed by atoms with van der Waals surface area (Å²) in [5.41, 5.74) is 5.60. The van der Waals surface area contributed by atoms with Gasteiger partial charge in [0.2, 0.25) is 0 Å². The second kappa shape index (κ2) is 6.82. The molecule has 0 aromatic heterocycles. The number of ether oxygens (including phenoxy) is 1. The lowest BCUT2D eigenvalue weighted by atomic mass is 10.0. The Morgan fingerprint density at radius 3 is 2.36 bits per heavy atom. The van der Waals surface area contributed by atoms with Crippen LogP contribution in [0.3, 0.4) is 0 Å². The van der Waals surface area contributed by atoms with Gasteiger partial charge in [0, 0.05) is 6.04 Å². The van der Waals surface area contributed by atoms with Crippen molar-refractivity contribution in [2.24, 2.45) is 17.6 Å². The number of hydrogen-bond acceptors (Lipinski definition) is 3. The summed E-state index contributed by atoms with van der Waals surface area (Å²) < 4.78 is 5.16. The zero-order valence-electron chi connectivity index (χ0n) is 9.75. The topological polar surface area (TPSA) is 52.3 Å². The Morgan fingerprint density at radius 2 is 1.93 bits per heavy atom. The maximum atomic E-state index is 11.4. The van der Waals surface area contributed by atoms with Crippen molar-refractivity contribution in [3.63, 3.8) is 0 Å². The Morgan fingerprint density at radius 1 is 1.36 bits per heavy atom. The highest BCUT2D eigenvalue weighted by Gasteiger charge is 2.18. The van der Waals surface area contributed by atoms with Crippen molar-refractivity contribution < 1.29 is 9.53 Å². The summed E-state index contributed by atoms with van der Waals surface area (Å²) in [7, 11) is 0. The molecule has 84 valence electrons. The van der Waals surface area contributed by atoms with Crippen molar-refractivity contribution in [2.75, 3.05) is 6.61 Å². The molecule has 0 heterocycles. The van der Waals surface area contributed by atoms with E-state index in [1.54, 1.807) is 6.92 Å². The summed E-state index contributed by atoms with van der Waals surface area (Å²) in [5, 5.41) is 0. The number of carbonyl (C=O) groups excluding carboxylic acids is 1. The van der Waals surface area contributed by atoms with E-state index in [2.05, 4.69) is 13.8 Å². The molecule has 2 N–H and O–H groups in total. The first-order valence-electron chi connectivity index (χ1n) is 5.41. The molecule has 0 aromatic rings. The average Bonchev–Trinajstić information content (AvgIpc) is 2.13. The zero-order chi connectivity index (χ0) is 11.1. The minimum atomic E-state index is -0.205. The van der Waals surface area contributed by atoms with E-state index in [1.165, 1.54) is 0 Å². The molecule has 0 aliphatic carbocycles. The van der Waals surface area contributed by atoms with E-state index in [9.17, 15) is 4.79 Å². The summed E-state index contributed by atoms with van der Waals surface area (Å²) in [6.07, 6.45) is 2.22. The van der Waals surface area contributed by atoms with Crippen LogP contribution in [-0.4, -0.2) is 18.6 Å². The zero-order valence-corrected chi connectivity index (χ0v) is 9.75. The van der Waals surface area contributed by atoms with Crippen molar-refractivity contribution in [3.8, 4) is 0 Å². The van der Waals surface area contributed by atoms with Crippen LogP contribution in [0, 0.1) is 11.8 Å². The van der Waals surface area contributed by atoms with E-state index in [0.717, 1.165) is 12.8 Å². The molecule has 14 heavy (non-hydrogen) atoms. The third-order valence-electron chi connectivity index (χ3n) is 2.45. The number of carbonyl (C=O) groups is 1. The third-order valence-corrected chi connectivity index (χ3v) is 2.45. The molecule has 0 fully saturated rings. The highest BCUT2D eigenvalue weighted by Crippen LogP contribution is 2.08. The molecule has 3 unspecified atom stereocenters. The summed E-state index contributed by atoms with van der Waals surface area (Å²) >= 11 is 0. The number of hydrogen-bond donors (Lipinski definition) is 1. The fourth-order valence-corrected chi connectivity index (χ4v) is 1.15. The highest BCUT2D eigenvalue weighted by molar-refractivity contribution is 5.72. The van der Waals surface area contributed by atoms with Crippen LogP contribution in [0.2, 0.25) is 0 Å². The van der Waals surface area contributed by atoms with Gasteiger partial charge in [0.1, 0.15) is 0 Å².